The molecule has 0 aromatic heterocycles. The van der Waals surface area contributed by atoms with Crippen LogP contribution in [0.25, 0.3) is 0 Å². The fourth-order valence-corrected chi connectivity index (χ4v) is 16.4. The van der Waals surface area contributed by atoms with E-state index in [0.717, 1.165) is 25.7 Å². The second kappa shape index (κ2) is 21.3. The van der Waals surface area contributed by atoms with Crippen LogP contribution in [0.3, 0.4) is 0 Å². The lowest BCUT2D eigenvalue weighted by Gasteiger charge is -2.71. The van der Waals surface area contributed by atoms with Crippen LogP contribution >= 0.6 is 0 Å². The van der Waals surface area contributed by atoms with Gasteiger partial charge in [-0.3, -0.25) is 4.79 Å². The highest BCUT2D eigenvalue weighted by Crippen LogP contribution is 2.76. The third-order valence-electron chi connectivity index (χ3n) is 21.4. The molecule has 0 bridgehead atoms. The van der Waals surface area contributed by atoms with E-state index in [4.69, 9.17) is 37.9 Å². The monoisotopic (exact) mass is 1100 g/mol. The summed E-state index contributed by atoms with van der Waals surface area (Å²) in [6.07, 6.45) is -25.7. The lowest BCUT2D eigenvalue weighted by atomic mass is 9.33. The number of aliphatic hydroxyl groups excluding tert-OH is 12. The molecule has 0 amide bonds. The molecule has 0 unspecified atom stereocenters. The first-order chi connectivity index (χ1) is 35.9. The van der Waals surface area contributed by atoms with Crippen molar-refractivity contribution >= 4 is 11.9 Å². The van der Waals surface area contributed by atoms with Crippen LogP contribution in [-0.2, 0) is 47.5 Å². The number of aliphatic carboxylic acids is 1. The molecule has 4 aliphatic heterocycles. The Bertz CT molecular complexity index is 2180. The quantitative estimate of drug-likeness (QED) is 0.0676. The molecule has 4 heterocycles. The minimum absolute atomic E-state index is 0.0249. The number of carboxylic acid groups (broad SMARTS) is 1. The molecular formula is C54H86O23. The summed E-state index contributed by atoms with van der Waals surface area (Å²) in [6.45, 7) is 15.6. The van der Waals surface area contributed by atoms with Crippen LogP contribution in [0.4, 0.5) is 0 Å². The number of carbonyl (C=O) groups is 2. The van der Waals surface area contributed by atoms with Gasteiger partial charge >= 0.3 is 11.9 Å². The average Bonchev–Trinajstić information content (AvgIpc) is 3.37. The Labute approximate surface area is 448 Å². The zero-order valence-corrected chi connectivity index (χ0v) is 45.3. The summed E-state index contributed by atoms with van der Waals surface area (Å²) in [5.74, 6) is -2.14. The SMILES string of the molecule is C[C@@H]1O[C@@H](O[C@@H]2[C@@H](O)[C@H](O[C@H]3[C@H](O[C@H]4CC[C@]5(C)[C@H]6CC=C7[C@@H]8CC(C)(C)CC[C@]8(C(=O)O[C@@H]8O[C@H](CO)[C@@H](O)[C@H](O)[C@H]8O)CC[C@@]7(C)[C@]6(C)CC[C@H]5C4(C)C)O[C@H](C(=O)O)[C@@H](O)[C@@H]3O)O[C@H](CO)[C@H]2O)[C@H](O)[C@H](O)[C@H]1O. The van der Waals surface area contributed by atoms with Crippen molar-refractivity contribution in [2.75, 3.05) is 13.2 Å². The zero-order chi connectivity index (χ0) is 56.4. The molecular weight excluding hydrogens is 1020 g/mol. The summed E-state index contributed by atoms with van der Waals surface area (Å²) in [6, 6.07) is 0. The molecule has 23 heteroatoms. The van der Waals surface area contributed by atoms with Crippen LogP contribution in [-0.4, -0.2) is 220 Å². The molecule has 8 fully saturated rings. The maximum atomic E-state index is 14.8. The van der Waals surface area contributed by atoms with E-state index >= 15 is 0 Å². The molecule has 0 aromatic rings. The van der Waals surface area contributed by atoms with Crippen molar-refractivity contribution in [2.45, 2.75) is 249 Å². The number of fused-ring (bicyclic) bond motifs is 7. The van der Waals surface area contributed by atoms with Gasteiger partial charge in [-0.25, -0.2) is 4.79 Å². The second-order valence-electron chi connectivity index (χ2n) is 26.3. The third-order valence-corrected chi connectivity index (χ3v) is 21.4. The molecule has 9 rings (SSSR count). The first-order valence-corrected chi connectivity index (χ1v) is 27.7. The Morgan fingerprint density at radius 2 is 1.18 bits per heavy atom. The molecule has 4 saturated heterocycles. The van der Waals surface area contributed by atoms with Crippen molar-refractivity contribution in [1.29, 1.82) is 0 Å². The number of carboxylic acids is 1. The predicted octanol–water partition coefficient (Wildman–Crippen LogP) is -0.915. The molecule has 0 aromatic carbocycles. The summed E-state index contributed by atoms with van der Waals surface area (Å²) in [5.41, 5.74) is -1.34. The number of carbonyl (C=O) groups excluding carboxylic acids is 1. The van der Waals surface area contributed by atoms with Crippen molar-refractivity contribution in [3.8, 4) is 0 Å². The van der Waals surface area contributed by atoms with E-state index in [9.17, 15) is 76.0 Å². The maximum absolute atomic E-state index is 14.8. The first-order valence-electron chi connectivity index (χ1n) is 27.7. The average molecular weight is 1100 g/mol. The van der Waals surface area contributed by atoms with Crippen LogP contribution in [0.1, 0.15) is 120 Å². The Balaban J connectivity index is 0.956. The van der Waals surface area contributed by atoms with Crippen molar-refractivity contribution < 1.29 is 114 Å². The molecule has 13 N–H and O–H groups in total. The first kappa shape index (κ1) is 59.5. The smallest absolute Gasteiger partial charge is 0.335 e. The van der Waals surface area contributed by atoms with Gasteiger partial charge < -0.3 is 104 Å². The molecule has 0 radical (unpaired) electrons. The van der Waals surface area contributed by atoms with Crippen LogP contribution in [0, 0.1) is 50.2 Å². The molecule has 440 valence electrons. The van der Waals surface area contributed by atoms with Gasteiger partial charge in [0.2, 0.25) is 6.29 Å². The number of esters is 1. The Kier molecular flexibility index (Phi) is 16.5. The van der Waals surface area contributed by atoms with Gasteiger partial charge in [-0.05, 0) is 116 Å². The van der Waals surface area contributed by atoms with Gasteiger partial charge in [0.15, 0.2) is 25.0 Å². The van der Waals surface area contributed by atoms with Gasteiger partial charge in [-0.1, -0.05) is 60.1 Å². The van der Waals surface area contributed by atoms with Crippen LogP contribution in [0.2, 0.25) is 0 Å². The van der Waals surface area contributed by atoms with Gasteiger partial charge in [-0.2, -0.15) is 0 Å². The normalized spacial score (nSPS) is 53.4. The highest BCUT2D eigenvalue weighted by atomic mass is 16.8. The third kappa shape index (κ3) is 9.66. The van der Waals surface area contributed by atoms with E-state index in [2.05, 4.69) is 54.5 Å². The number of ether oxygens (including phenoxy) is 8. The molecule has 5 aliphatic carbocycles. The lowest BCUT2D eigenvalue weighted by molar-refractivity contribution is -0.388. The highest BCUT2D eigenvalue weighted by molar-refractivity contribution is 5.79. The van der Waals surface area contributed by atoms with Gasteiger partial charge in [0, 0.05) is 0 Å². The van der Waals surface area contributed by atoms with E-state index in [1.165, 1.54) is 12.5 Å². The fraction of sp³-hybridized carbons (Fsp3) is 0.926. The number of rotatable bonds is 11. The van der Waals surface area contributed by atoms with Crippen LogP contribution < -0.4 is 0 Å². The summed E-state index contributed by atoms with van der Waals surface area (Å²) in [7, 11) is 0. The Morgan fingerprint density at radius 1 is 0.584 bits per heavy atom. The van der Waals surface area contributed by atoms with Crippen LogP contribution in [0.5, 0.6) is 0 Å². The van der Waals surface area contributed by atoms with Gasteiger partial charge in [-0.15, -0.1) is 0 Å². The van der Waals surface area contributed by atoms with Crippen LogP contribution in [0.15, 0.2) is 11.6 Å². The highest BCUT2D eigenvalue weighted by Gasteiger charge is 2.70. The van der Waals surface area contributed by atoms with Gasteiger partial charge in [0.25, 0.3) is 0 Å². The summed E-state index contributed by atoms with van der Waals surface area (Å²) in [4.78, 5) is 27.3. The second-order valence-corrected chi connectivity index (χ2v) is 26.3. The van der Waals surface area contributed by atoms with E-state index < -0.39 is 165 Å². The fourth-order valence-electron chi connectivity index (χ4n) is 16.4. The van der Waals surface area contributed by atoms with Crippen molar-refractivity contribution in [1.82, 2.24) is 0 Å². The Morgan fingerprint density at radius 3 is 1.84 bits per heavy atom. The molecule has 28 atom stereocenters. The van der Waals surface area contributed by atoms with E-state index in [0.29, 0.717) is 38.5 Å². The van der Waals surface area contributed by atoms with E-state index in [-0.39, 0.29) is 39.4 Å². The minimum Gasteiger partial charge on any atom is -0.479 e. The van der Waals surface area contributed by atoms with Crippen molar-refractivity contribution in [2.24, 2.45) is 50.2 Å². The standard InChI is InChI=1S/C54H86O23/c1-22-30(57)33(60)37(64)44(70-22)74-40-32(59)26(21-56)72-46(39(40)66)76-42-36(63)35(62)41(43(67)68)75-47(42)73-29-12-13-51(6)27(50(29,4)5)11-14-53(8)28(51)10-9-23-24-19-49(2,3)15-17-54(24,18-16-52(23,53)7)48(69)77-45-38(65)34(61)31(58)25(20-55)71-45/h9,22,24-42,44-47,55-66H,10-21H2,1-8H3,(H,67,68)/t22-,24-,25+,26+,27-,28+,29-,30-,31+,32+,33+,34-,35-,36-,37+,38+,39+,40-,41-,42+,44-,45-,46-,47+,51-,52+,53+,54-/m0/s1. The molecule has 23 nitrogen and oxygen atoms in total. The summed E-state index contributed by atoms with van der Waals surface area (Å²) >= 11 is 0. The van der Waals surface area contributed by atoms with Gasteiger partial charge in [0.05, 0.1) is 30.8 Å². The minimum atomic E-state index is -2.06. The summed E-state index contributed by atoms with van der Waals surface area (Å²) in [5, 5.41) is 139. The number of allylic oxidation sites excluding steroid dienone is 2. The number of hydrogen-bond acceptors (Lipinski definition) is 22. The Hall–Kier alpha value is -2.08. The van der Waals surface area contributed by atoms with Crippen molar-refractivity contribution in [3.63, 3.8) is 0 Å². The zero-order valence-electron chi connectivity index (χ0n) is 45.3. The topological polar surface area (TPSA) is 371 Å². The molecule has 9 aliphatic rings. The van der Waals surface area contributed by atoms with Crippen molar-refractivity contribution in [3.05, 3.63) is 11.6 Å². The largest absolute Gasteiger partial charge is 0.479 e. The lowest BCUT2D eigenvalue weighted by Crippen LogP contribution is -2.68. The molecule has 4 saturated carbocycles. The summed E-state index contributed by atoms with van der Waals surface area (Å²) < 4.78 is 47.7. The van der Waals surface area contributed by atoms with E-state index in [1.54, 1.807) is 0 Å². The van der Waals surface area contributed by atoms with E-state index in [1.807, 2.05) is 0 Å². The molecule has 0 spiro atoms. The number of hydrogen-bond donors (Lipinski definition) is 13. The predicted molar refractivity (Wildman–Crippen MR) is 262 cm³/mol. The number of aliphatic hydroxyl groups is 12. The maximum Gasteiger partial charge on any atom is 0.335 e. The van der Waals surface area contributed by atoms with Gasteiger partial charge in [0.1, 0.15) is 85.5 Å². The molecule has 77 heavy (non-hydrogen) atoms.